The zero-order chi connectivity index (χ0) is 30.4. The molecule has 0 unspecified atom stereocenters. The van der Waals surface area contributed by atoms with Crippen LogP contribution in [0.3, 0.4) is 0 Å². The third kappa shape index (κ3) is 10.4. The molecule has 0 heterocycles. The predicted molar refractivity (Wildman–Crippen MR) is 161 cm³/mol. The van der Waals surface area contributed by atoms with Crippen molar-refractivity contribution in [1.29, 1.82) is 0 Å². The maximum absolute atomic E-state index is 13.3. The molecule has 2 aromatic carbocycles. The summed E-state index contributed by atoms with van der Waals surface area (Å²) in [5.41, 5.74) is 8.20. The Hall–Kier alpha value is -4.66. The third-order valence-electron chi connectivity index (χ3n) is 5.24. The van der Waals surface area contributed by atoms with Crippen LogP contribution in [0, 0.1) is 0 Å². The van der Waals surface area contributed by atoms with Crippen molar-refractivity contribution in [3.63, 3.8) is 0 Å². The van der Waals surface area contributed by atoms with Crippen molar-refractivity contribution < 1.29 is 33.3 Å². The first-order valence-electron chi connectivity index (χ1n) is 13.2. The van der Waals surface area contributed by atoms with Crippen molar-refractivity contribution in [3.05, 3.63) is 97.0 Å². The quantitative estimate of drug-likeness (QED) is 0.0792. The van der Waals surface area contributed by atoms with Gasteiger partial charge < -0.3 is 34.7 Å². The second-order valence-corrected chi connectivity index (χ2v) is 9.38. The molecule has 0 saturated heterocycles. The summed E-state index contributed by atoms with van der Waals surface area (Å²) in [6.45, 7) is 18.5. The van der Waals surface area contributed by atoms with Crippen LogP contribution in [0.1, 0.15) is 43.6 Å². The van der Waals surface area contributed by atoms with Crippen LogP contribution in [0.2, 0.25) is 0 Å². The molecule has 0 radical (unpaired) electrons. The van der Waals surface area contributed by atoms with Gasteiger partial charge in [0.15, 0.2) is 23.9 Å². The average Bonchev–Trinajstić information content (AvgIpc) is 2.93. The van der Waals surface area contributed by atoms with Gasteiger partial charge in [0.05, 0.1) is 23.5 Å². The molecular formula is C32H40N2O7. The maximum atomic E-state index is 13.3. The predicted octanol–water partition coefficient (Wildman–Crippen LogP) is 5.98. The SMILES string of the molecule is C=CCOC(COC(=O)C=C)=C(Cc1ccc(NC(=O)c2ccc(N)c(OC(C)C)c2OCC=C)cc1)OC(C)C. The van der Waals surface area contributed by atoms with Gasteiger partial charge in [-0.1, -0.05) is 44.0 Å². The molecule has 3 N–H and O–H groups in total. The first-order valence-corrected chi connectivity index (χ1v) is 13.2. The van der Waals surface area contributed by atoms with Crippen LogP contribution < -0.4 is 20.5 Å². The topological polar surface area (TPSA) is 118 Å². The van der Waals surface area contributed by atoms with E-state index < -0.39 is 11.9 Å². The van der Waals surface area contributed by atoms with Gasteiger partial charge in [-0.25, -0.2) is 4.79 Å². The number of nitrogens with one attached hydrogen (secondary N) is 1. The summed E-state index contributed by atoms with van der Waals surface area (Å²) in [7, 11) is 0. The molecule has 0 spiro atoms. The number of ether oxygens (including phenoxy) is 5. The Labute approximate surface area is 242 Å². The van der Waals surface area contributed by atoms with Crippen molar-refractivity contribution >= 4 is 23.3 Å². The Kier molecular flexibility index (Phi) is 13.1. The van der Waals surface area contributed by atoms with E-state index in [-0.39, 0.29) is 43.3 Å². The average molecular weight is 565 g/mol. The number of carbonyl (C=O) groups excluding carboxylic acids is 2. The Morgan fingerprint density at radius 3 is 2.15 bits per heavy atom. The maximum Gasteiger partial charge on any atom is 0.330 e. The van der Waals surface area contributed by atoms with Crippen molar-refractivity contribution in [2.45, 2.75) is 46.3 Å². The molecular weight excluding hydrogens is 524 g/mol. The molecule has 1 amide bonds. The number of hydrogen-bond donors (Lipinski definition) is 2. The van der Waals surface area contributed by atoms with E-state index in [4.69, 9.17) is 29.4 Å². The number of nitrogens with two attached hydrogens (primary N) is 1. The molecule has 0 fully saturated rings. The lowest BCUT2D eigenvalue weighted by atomic mass is 10.1. The Morgan fingerprint density at radius 2 is 1.56 bits per heavy atom. The lowest BCUT2D eigenvalue weighted by Gasteiger charge is -2.20. The van der Waals surface area contributed by atoms with Crippen LogP contribution in [-0.4, -0.2) is 43.9 Å². The Bertz CT molecular complexity index is 1250. The number of allylic oxidation sites excluding steroid dienone is 1. The number of nitrogen functional groups attached to an aromatic ring is 1. The first kappa shape index (κ1) is 32.6. The van der Waals surface area contributed by atoms with Crippen molar-refractivity contribution in [2.24, 2.45) is 0 Å². The highest BCUT2D eigenvalue weighted by atomic mass is 16.6. The minimum Gasteiger partial charge on any atom is -0.491 e. The fourth-order valence-electron chi connectivity index (χ4n) is 3.54. The van der Waals surface area contributed by atoms with Crippen LogP contribution in [0.4, 0.5) is 11.4 Å². The smallest absolute Gasteiger partial charge is 0.330 e. The fraction of sp³-hybridized carbons (Fsp3) is 0.312. The van der Waals surface area contributed by atoms with Crippen LogP contribution in [0.15, 0.2) is 85.9 Å². The van der Waals surface area contributed by atoms with Crippen LogP contribution in [0.25, 0.3) is 0 Å². The minimum atomic E-state index is -0.573. The molecule has 0 aliphatic carbocycles. The molecule has 220 valence electrons. The lowest BCUT2D eigenvalue weighted by Crippen LogP contribution is -2.16. The van der Waals surface area contributed by atoms with Crippen molar-refractivity contribution in [3.8, 4) is 11.5 Å². The molecule has 0 aromatic heterocycles. The Balaban J connectivity index is 2.30. The van der Waals surface area contributed by atoms with Gasteiger partial charge >= 0.3 is 5.97 Å². The summed E-state index contributed by atoms with van der Waals surface area (Å²) in [5, 5.41) is 2.89. The van der Waals surface area contributed by atoms with E-state index in [0.29, 0.717) is 35.1 Å². The molecule has 0 aliphatic heterocycles. The number of carbonyl (C=O) groups is 2. The summed E-state index contributed by atoms with van der Waals surface area (Å²) in [5.74, 6) is 0.481. The molecule has 0 bridgehead atoms. The van der Waals surface area contributed by atoms with E-state index in [1.54, 1.807) is 36.4 Å². The van der Waals surface area contributed by atoms with Gasteiger partial charge in [0, 0.05) is 18.2 Å². The summed E-state index contributed by atoms with van der Waals surface area (Å²) in [6.07, 6.45) is 4.28. The van der Waals surface area contributed by atoms with Crippen LogP contribution >= 0.6 is 0 Å². The number of anilines is 2. The molecule has 2 rings (SSSR count). The summed E-state index contributed by atoms with van der Waals surface area (Å²) >= 11 is 0. The van der Waals surface area contributed by atoms with Gasteiger partial charge in [-0.2, -0.15) is 0 Å². The highest BCUT2D eigenvalue weighted by Gasteiger charge is 2.21. The molecule has 0 atom stereocenters. The number of hydrogen-bond acceptors (Lipinski definition) is 8. The molecule has 0 aliphatic rings. The summed E-state index contributed by atoms with van der Waals surface area (Å²) < 4.78 is 28.6. The van der Waals surface area contributed by atoms with Gasteiger partial charge in [0.2, 0.25) is 0 Å². The first-order chi connectivity index (χ1) is 19.6. The van der Waals surface area contributed by atoms with Crippen molar-refractivity contribution in [1.82, 2.24) is 0 Å². The van der Waals surface area contributed by atoms with Gasteiger partial charge in [-0.15, -0.1) is 0 Å². The van der Waals surface area contributed by atoms with Crippen LogP contribution in [-0.2, 0) is 25.4 Å². The minimum absolute atomic E-state index is 0.116. The van der Waals surface area contributed by atoms with Crippen molar-refractivity contribution in [2.75, 3.05) is 30.9 Å². The largest absolute Gasteiger partial charge is 0.491 e. The molecule has 2 aromatic rings. The highest BCUT2D eigenvalue weighted by molar-refractivity contribution is 6.07. The van der Waals surface area contributed by atoms with E-state index in [0.717, 1.165) is 11.6 Å². The molecule has 0 saturated carbocycles. The zero-order valence-electron chi connectivity index (χ0n) is 24.2. The van der Waals surface area contributed by atoms with Gasteiger partial charge in [-0.05, 0) is 57.5 Å². The monoisotopic (exact) mass is 564 g/mol. The standard InChI is InChI=1S/C32H40N2O7/c1-8-17-37-28(20-39-29(35)10-3)27(40-21(4)5)19-23-11-13-24(14-12-23)34-32(36)25-15-16-26(33)31(41-22(6)7)30(25)38-18-9-2/h8-16,21-22H,1-3,17-20,33H2,4-7H3,(H,34,36). The second-order valence-electron chi connectivity index (χ2n) is 9.38. The van der Waals surface area contributed by atoms with E-state index in [1.807, 2.05) is 39.8 Å². The fourth-order valence-corrected chi connectivity index (χ4v) is 3.54. The van der Waals surface area contributed by atoms with Crippen LogP contribution in [0.5, 0.6) is 11.5 Å². The number of amides is 1. The van der Waals surface area contributed by atoms with Gasteiger partial charge in [-0.3, -0.25) is 4.79 Å². The van der Waals surface area contributed by atoms with Gasteiger partial charge in [0.1, 0.15) is 19.0 Å². The molecule has 9 heteroatoms. The lowest BCUT2D eigenvalue weighted by molar-refractivity contribution is -0.137. The Morgan fingerprint density at radius 1 is 0.878 bits per heavy atom. The van der Waals surface area contributed by atoms with E-state index in [1.165, 1.54) is 0 Å². The number of esters is 1. The highest BCUT2D eigenvalue weighted by Crippen LogP contribution is 2.38. The summed E-state index contributed by atoms with van der Waals surface area (Å²) in [6, 6.07) is 10.5. The van der Waals surface area contributed by atoms with Gasteiger partial charge in [0.25, 0.3) is 5.91 Å². The zero-order valence-corrected chi connectivity index (χ0v) is 24.2. The van der Waals surface area contributed by atoms with E-state index >= 15 is 0 Å². The van der Waals surface area contributed by atoms with E-state index in [2.05, 4.69) is 25.1 Å². The second kappa shape index (κ2) is 16.4. The normalized spacial score (nSPS) is 11.3. The summed E-state index contributed by atoms with van der Waals surface area (Å²) in [4.78, 5) is 24.9. The molecule has 41 heavy (non-hydrogen) atoms. The number of benzene rings is 2. The van der Waals surface area contributed by atoms with E-state index in [9.17, 15) is 9.59 Å². The number of rotatable bonds is 17. The molecule has 9 nitrogen and oxygen atoms in total. The third-order valence-corrected chi connectivity index (χ3v) is 5.24.